The zero-order valence-corrected chi connectivity index (χ0v) is 16.5. The third kappa shape index (κ3) is 4.66. The number of ether oxygens (including phenoxy) is 1. The van der Waals surface area contributed by atoms with Crippen molar-refractivity contribution in [3.05, 3.63) is 77.9 Å². The number of fused-ring (bicyclic) bond motifs is 1. The van der Waals surface area contributed by atoms with Gasteiger partial charge < -0.3 is 4.74 Å². The molecular weight excluding hydrogens is 316 g/mol. The second-order valence-electron chi connectivity index (χ2n) is 8.37. The highest BCUT2D eigenvalue weighted by molar-refractivity contribution is 5.85. The Kier molecular flexibility index (Phi) is 5.66. The van der Waals surface area contributed by atoms with E-state index in [0.717, 1.165) is 5.75 Å². The molecule has 3 aromatic carbocycles. The lowest BCUT2D eigenvalue weighted by atomic mass is 9.80. The first-order valence-electron chi connectivity index (χ1n) is 9.65. The van der Waals surface area contributed by atoms with E-state index in [1.54, 1.807) is 0 Å². The van der Waals surface area contributed by atoms with E-state index in [2.05, 4.69) is 94.4 Å². The third-order valence-corrected chi connectivity index (χ3v) is 4.98. The van der Waals surface area contributed by atoms with E-state index in [0.29, 0.717) is 17.9 Å². The number of rotatable bonds is 6. The summed E-state index contributed by atoms with van der Waals surface area (Å²) < 4.78 is 6.07. The van der Waals surface area contributed by atoms with Gasteiger partial charge in [0.2, 0.25) is 0 Å². The topological polar surface area (TPSA) is 9.23 Å². The summed E-state index contributed by atoms with van der Waals surface area (Å²) >= 11 is 0. The van der Waals surface area contributed by atoms with E-state index in [4.69, 9.17) is 4.74 Å². The molecule has 0 aliphatic carbocycles. The van der Waals surface area contributed by atoms with Gasteiger partial charge in [0.25, 0.3) is 0 Å². The molecule has 0 heterocycles. The van der Waals surface area contributed by atoms with E-state index in [9.17, 15) is 0 Å². The molecule has 0 saturated carbocycles. The fourth-order valence-corrected chi connectivity index (χ4v) is 3.65. The van der Waals surface area contributed by atoms with Crippen LogP contribution in [0.3, 0.4) is 0 Å². The van der Waals surface area contributed by atoms with Gasteiger partial charge in [0, 0.05) is 0 Å². The van der Waals surface area contributed by atoms with Crippen LogP contribution < -0.4 is 4.74 Å². The van der Waals surface area contributed by atoms with Crippen LogP contribution in [-0.2, 0) is 6.61 Å². The lowest BCUT2D eigenvalue weighted by molar-refractivity contribution is 0.307. The molecule has 136 valence electrons. The largest absolute Gasteiger partial charge is 0.489 e. The van der Waals surface area contributed by atoms with Gasteiger partial charge in [-0.2, -0.15) is 0 Å². The van der Waals surface area contributed by atoms with Gasteiger partial charge in [0.15, 0.2) is 0 Å². The van der Waals surface area contributed by atoms with Gasteiger partial charge in [-0.3, -0.25) is 0 Å². The van der Waals surface area contributed by atoms with Crippen LogP contribution in [0.1, 0.15) is 57.6 Å². The van der Waals surface area contributed by atoms with Gasteiger partial charge in [0.1, 0.15) is 12.4 Å². The number of hydrogen-bond donors (Lipinski definition) is 0. The Hall–Kier alpha value is -2.28. The molecule has 0 bridgehead atoms. The predicted molar refractivity (Wildman–Crippen MR) is 112 cm³/mol. The highest BCUT2D eigenvalue weighted by Crippen LogP contribution is 2.34. The van der Waals surface area contributed by atoms with Gasteiger partial charge in [-0.15, -0.1) is 0 Å². The van der Waals surface area contributed by atoms with Crippen LogP contribution in [0.15, 0.2) is 66.7 Å². The van der Waals surface area contributed by atoms with E-state index >= 15 is 0 Å². The van der Waals surface area contributed by atoms with Crippen LogP contribution in [-0.4, -0.2) is 0 Å². The fourth-order valence-electron chi connectivity index (χ4n) is 3.65. The number of hydrogen-bond acceptors (Lipinski definition) is 1. The van der Waals surface area contributed by atoms with E-state index in [1.165, 1.54) is 34.7 Å². The summed E-state index contributed by atoms with van der Waals surface area (Å²) in [4.78, 5) is 0. The van der Waals surface area contributed by atoms with Crippen LogP contribution in [0.25, 0.3) is 10.8 Å². The first kappa shape index (κ1) is 18.5. The van der Waals surface area contributed by atoms with Gasteiger partial charge in [-0.05, 0) is 58.2 Å². The zero-order chi connectivity index (χ0) is 18.6. The Balaban J connectivity index is 1.69. The van der Waals surface area contributed by atoms with Crippen molar-refractivity contribution in [1.29, 1.82) is 0 Å². The van der Waals surface area contributed by atoms with Crippen molar-refractivity contribution in [1.82, 2.24) is 0 Å². The Labute approximate surface area is 158 Å². The van der Waals surface area contributed by atoms with Crippen LogP contribution >= 0.6 is 0 Å². The molecule has 0 amide bonds. The van der Waals surface area contributed by atoms with Crippen LogP contribution in [0.4, 0.5) is 0 Å². The van der Waals surface area contributed by atoms with Gasteiger partial charge in [0.05, 0.1) is 0 Å². The molecule has 3 aromatic rings. The molecule has 3 rings (SSSR count). The van der Waals surface area contributed by atoms with Crippen molar-refractivity contribution >= 4 is 10.8 Å². The summed E-state index contributed by atoms with van der Waals surface area (Å²) in [5, 5.41) is 2.53. The molecular formula is C25H30O. The minimum atomic E-state index is 0.351. The molecule has 1 nitrogen and oxygen atoms in total. The van der Waals surface area contributed by atoms with Crippen molar-refractivity contribution in [3.8, 4) is 5.75 Å². The maximum Gasteiger partial charge on any atom is 0.119 e. The van der Waals surface area contributed by atoms with Gasteiger partial charge in [-0.25, -0.2) is 0 Å². The summed E-state index contributed by atoms with van der Waals surface area (Å²) in [6.07, 6.45) is 2.38. The molecule has 1 unspecified atom stereocenters. The standard InChI is InChI=1S/C25H30O/c1-5-19(17-25(2,3)4)20-13-15-23(16-14-20)26-18-22-11-8-10-21-9-6-7-12-24(21)22/h6-16,19H,5,17-18H2,1-4H3. The van der Waals surface area contributed by atoms with Crippen molar-refractivity contribution in [2.45, 2.75) is 53.1 Å². The molecule has 1 heteroatoms. The van der Waals surface area contributed by atoms with Gasteiger partial charge in [-0.1, -0.05) is 82.3 Å². The predicted octanol–water partition coefficient (Wildman–Crippen LogP) is 7.35. The maximum atomic E-state index is 6.07. The second kappa shape index (κ2) is 7.95. The minimum Gasteiger partial charge on any atom is -0.489 e. The molecule has 26 heavy (non-hydrogen) atoms. The van der Waals surface area contributed by atoms with E-state index in [-0.39, 0.29) is 0 Å². The van der Waals surface area contributed by atoms with Crippen molar-refractivity contribution < 1.29 is 4.74 Å². The summed E-state index contributed by atoms with van der Waals surface area (Å²) in [5.41, 5.74) is 3.00. The molecule has 0 aliphatic rings. The molecule has 0 spiro atoms. The van der Waals surface area contributed by atoms with E-state index in [1.807, 2.05) is 0 Å². The molecule has 0 N–H and O–H groups in total. The molecule has 1 atom stereocenters. The fraction of sp³-hybridized carbons (Fsp3) is 0.360. The normalized spacial score (nSPS) is 12.9. The first-order chi connectivity index (χ1) is 12.5. The Morgan fingerprint density at radius 3 is 2.23 bits per heavy atom. The molecule has 0 saturated heterocycles. The first-order valence-corrected chi connectivity index (χ1v) is 9.65. The Morgan fingerprint density at radius 1 is 0.846 bits per heavy atom. The Morgan fingerprint density at radius 2 is 1.54 bits per heavy atom. The molecule has 0 radical (unpaired) electrons. The van der Waals surface area contributed by atoms with Crippen LogP contribution in [0.2, 0.25) is 0 Å². The lowest BCUT2D eigenvalue weighted by Gasteiger charge is -2.25. The minimum absolute atomic E-state index is 0.351. The number of benzene rings is 3. The van der Waals surface area contributed by atoms with Crippen molar-refractivity contribution in [2.24, 2.45) is 5.41 Å². The van der Waals surface area contributed by atoms with Crippen LogP contribution in [0, 0.1) is 5.41 Å². The molecule has 0 aromatic heterocycles. The highest BCUT2D eigenvalue weighted by atomic mass is 16.5. The lowest BCUT2D eigenvalue weighted by Crippen LogP contribution is -2.11. The smallest absolute Gasteiger partial charge is 0.119 e. The monoisotopic (exact) mass is 346 g/mol. The average molecular weight is 347 g/mol. The third-order valence-electron chi connectivity index (χ3n) is 4.98. The van der Waals surface area contributed by atoms with Crippen molar-refractivity contribution in [3.63, 3.8) is 0 Å². The Bertz CT molecular complexity index is 835. The second-order valence-corrected chi connectivity index (χ2v) is 8.37. The quantitative estimate of drug-likeness (QED) is 0.453. The summed E-state index contributed by atoms with van der Waals surface area (Å²) in [7, 11) is 0. The van der Waals surface area contributed by atoms with Gasteiger partial charge >= 0.3 is 0 Å². The summed E-state index contributed by atoms with van der Waals surface area (Å²) in [6.45, 7) is 9.83. The average Bonchev–Trinajstić information content (AvgIpc) is 2.64. The van der Waals surface area contributed by atoms with E-state index < -0.39 is 0 Å². The zero-order valence-electron chi connectivity index (χ0n) is 16.5. The highest BCUT2D eigenvalue weighted by Gasteiger charge is 2.18. The molecule has 0 aliphatic heterocycles. The SMILES string of the molecule is CCC(CC(C)(C)C)c1ccc(OCc2cccc3ccccc23)cc1. The van der Waals surface area contributed by atoms with Crippen LogP contribution in [0.5, 0.6) is 5.75 Å². The maximum absolute atomic E-state index is 6.07. The summed E-state index contributed by atoms with van der Waals surface area (Å²) in [6, 6.07) is 23.6. The summed E-state index contributed by atoms with van der Waals surface area (Å²) in [5.74, 6) is 1.55. The van der Waals surface area contributed by atoms with Crippen molar-refractivity contribution in [2.75, 3.05) is 0 Å². The molecule has 0 fully saturated rings.